The molecule has 2 heterocycles. The minimum absolute atomic E-state index is 0.100. The summed E-state index contributed by atoms with van der Waals surface area (Å²) < 4.78 is 12.1. The van der Waals surface area contributed by atoms with Crippen LogP contribution in [0.1, 0.15) is 20.3 Å². The van der Waals surface area contributed by atoms with Crippen molar-refractivity contribution >= 4 is 11.8 Å². The first-order valence-corrected chi connectivity index (χ1v) is 5.43. The average molecular weight is 255 g/mol. The van der Waals surface area contributed by atoms with E-state index >= 15 is 0 Å². The fourth-order valence-corrected chi connectivity index (χ4v) is 1.70. The van der Waals surface area contributed by atoms with E-state index in [0.29, 0.717) is 13.0 Å². The van der Waals surface area contributed by atoms with Gasteiger partial charge in [0.25, 0.3) is 0 Å². The Morgan fingerprint density at radius 2 is 2.50 bits per heavy atom. The third-order valence-corrected chi connectivity index (χ3v) is 2.71. The van der Waals surface area contributed by atoms with Gasteiger partial charge in [-0.15, -0.1) is 0 Å². The molecule has 1 aromatic rings. The van der Waals surface area contributed by atoms with Crippen LogP contribution in [0.3, 0.4) is 0 Å². The highest BCUT2D eigenvalue weighted by Crippen LogP contribution is 2.30. The Labute approximate surface area is 103 Å². The molecule has 0 fully saturated rings. The summed E-state index contributed by atoms with van der Waals surface area (Å²) in [5, 5.41) is 10.6. The van der Waals surface area contributed by atoms with Gasteiger partial charge in [-0.1, -0.05) is 0 Å². The summed E-state index contributed by atoms with van der Waals surface area (Å²) in [4.78, 5) is 24.6. The second-order valence-corrected chi connectivity index (χ2v) is 4.41. The van der Waals surface area contributed by atoms with Crippen LogP contribution in [0.2, 0.25) is 0 Å². The van der Waals surface area contributed by atoms with Crippen molar-refractivity contribution in [1.82, 2.24) is 9.55 Å². The van der Waals surface area contributed by atoms with Gasteiger partial charge in [-0.3, -0.25) is 9.36 Å². The first kappa shape index (κ1) is 12.3. The van der Waals surface area contributed by atoms with E-state index in [1.807, 2.05) is 0 Å². The van der Waals surface area contributed by atoms with Crippen molar-refractivity contribution in [2.45, 2.75) is 32.4 Å². The molecule has 0 radical (unpaired) electrons. The van der Waals surface area contributed by atoms with Gasteiger partial charge in [0.05, 0.1) is 0 Å². The summed E-state index contributed by atoms with van der Waals surface area (Å²) in [6, 6.07) is 0.183. The van der Waals surface area contributed by atoms with E-state index in [1.54, 1.807) is 11.5 Å². The lowest BCUT2D eigenvalue weighted by atomic mass is 10.0. The number of aromatic nitrogens is 2. The highest BCUT2D eigenvalue weighted by molar-refractivity contribution is 5.65. The average Bonchev–Trinajstić information content (AvgIpc) is 2.69. The number of esters is 1. The Kier molecular flexibility index (Phi) is 2.93. The van der Waals surface area contributed by atoms with Crippen LogP contribution in [0.25, 0.3) is 0 Å². The molecule has 98 valence electrons. The second kappa shape index (κ2) is 4.28. The number of rotatable bonds is 3. The van der Waals surface area contributed by atoms with Crippen LogP contribution in [0.15, 0.2) is 6.20 Å². The molecule has 8 heteroatoms. The predicted molar refractivity (Wildman–Crippen MR) is 59.2 cm³/mol. The maximum Gasteiger partial charge on any atom is 0.414 e. The molecule has 0 bridgehead atoms. The molecule has 0 saturated carbocycles. The molecule has 0 unspecified atom stereocenters. The minimum Gasteiger partial charge on any atom is -0.462 e. The molecule has 0 aliphatic carbocycles. The fraction of sp³-hybridized carbons (Fsp3) is 0.600. The molecule has 0 aromatic carbocycles. The standard InChI is InChI=1S/C10H13N3O5/c1-7(14)17-6-10(2)3-4-12-5-8(13(15)16)11-9(12)18-10/h5H,3-4,6H2,1-2H3/t10-/m1/s1. The fourth-order valence-electron chi connectivity index (χ4n) is 1.70. The number of fused-ring (bicyclic) bond motifs is 1. The molecule has 0 amide bonds. The van der Waals surface area contributed by atoms with Gasteiger partial charge in [-0.2, -0.15) is 0 Å². The lowest BCUT2D eigenvalue weighted by Gasteiger charge is -2.31. The quantitative estimate of drug-likeness (QED) is 0.452. The van der Waals surface area contributed by atoms with Crippen molar-refractivity contribution in [1.29, 1.82) is 0 Å². The lowest BCUT2D eigenvalue weighted by Crippen LogP contribution is -2.43. The molecule has 18 heavy (non-hydrogen) atoms. The molecule has 1 aliphatic heterocycles. The van der Waals surface area contributed by atoms with E-state index in [4.69, 9.17) is 9.47 Å². The Morgan fingerprint density at radius 1 is 1.78 bits per heavy atom. The summed E-state index contributed by atoms with van der Waals surface area (Å²) >= 11 is 0. The number of nitrogens with zero attached hydrogens (tertiary/aromatic N) is 3. The van der Waals surface area contributed by atoms with E-state index in [9.17, 15) is 14.9 Å². The van der Waals surface area contributed by atoms with Gasteiger partial charge in [-0.05, 0) is 11.8 Å². The van der Waals surface area contributed by atoms with E-state index in [0.717, 1.165) is 0 Å². The van der Waals surface area contributed by atoms with Crippen molar-refractivity contribution in [3.63, 3.8) is 0 Å². The molecular weight excluding hydrogens is 242 g/mol. The lowest BCUT2D eigenvalue weighted by molar-refractivity contribution is -0.389. The van der Waals surface area contributed by atoms with Crippen molar-refractivity contribution in [3.05, 3.63) is 16.3 Å². The number of imidazole rings is 1. The molecule has 1 aromatic heterocycles. The van der Waals surface area contributed by atoms with Crippen LogP contribution in [-0.4, -0.2) is 32.7 Å². The number of aryl methyl sites for hydroxylation is 1. The highest BCUT2D eigenvalue weighted by Gasteiger charge is 2.37. The molecule has 8 nitrogen and oxygen atoms in total. The zero-order valence-corrected chi connectivity index (χ0v) is 10.1. The van der Waals surface area contributed by atoms with E-state index in [1.165, 1.54) is 13.1 Å². The topological polar surface area (TPSA) is 96.5 Å². The predicted octanol–water partition coefficient (Wildman–Crippen LogP) is 0.896. The van der Waals surface area contributed by atoms with Crippen LogP contribution >= 0.6 is 0 Å². The van der Waals surface area contributed by atoms with Crippen LogP contribution in [0, 0.1) is 10.1 Å². The summed E-state index contributed by atoms with van der Waals surface area (Å²) in [5.74, 6) is -0.638. The van der Waals surface area contributed by atoms with Crippen molar-refractivity contribution in [2.24, 2.45) is 0 Å². The summed E-state index contributed by atoms with van der Waals surface area (Å²) in [7, 11) is 0. The number of carbonyl (C=O) groups is 1. The zero-order chi connectivity index (χ0) is 13.3. The van der Waals surface area contributed by atoms with Gasteiger partial charge in [0.15, 0.2) is 0 Å². The van der Waals surface area contributed by atoms with Crippen molar-refractivity contribution in [3.8, 4) is 6.01 Å². The third kappa shape index (κ3) is 2.41. The number of nitro groups is 1. The molecule has 0 spiro atoms. The third-order valence-electron chi connectivity index (χ3n) is 2.71. The Bertz CT molecular complexity index is 498. The van der Waals surface area contributed by atoms with E-state index in [2.05, 4.69) is 4.98 Å². The highest BCUT2D eigenvalue weighted by atomic mass is 16.6. The maximum atomic E-state index is 10.8. The van der Waals surface area contributed by atoms with Crippen LogP contribution in [-0.2, 0) is 16.1 Å². The zero-order valence-electron chi connectivity index (χ0n) is 10.1. The van der Waals surface area contributed by atoms with Crippen LogP contribution in [0.4, 0.5) is 5.82 Å². The summed E-state index contributed by atoms with van der Waals surface area (Å²) in [6.45, 7) is 3.73. The second-order valence-electron chi connectivity index (χ2n) is 4.41. The molecule has 2 rings (SSSR count). The molecule has 0 saturated heterocycles. The summed E-state index contributed by atoms with van der Waals surface area (Å²) in [6.07, 6.45) is 1.92. The van der Waals surface area contributed by atoms with Gasteiger partial charge in [0.1, 0.15) is 18.4 Å². The number of hydrogen-bond donors (Lipinski definition) is 0. The molecular formula is C10H13N3O5. The maximum absolute atomic E-state index is 10.8. The Balaban J connectivity index is 2.13. The Hall–Kier alpha value is -2.12. The van der Waals surface area contributed by atoms with Gasteiger partial charge < -0.3 is 19.6 Å². The number of hydrogen-bond acceptors (Lipinski definition) is 6. The number of ether oxygens (including phenoxy) is 2. The first-order valence-electron chi connectivity index (χ1n) is 5.43. The van der Waals surface area contributed by atoms with E-state index < -0.39 is 10.5 Å². The monoisotopic (exact) mass is 255 g/mol. The van der Waals surface area contributed by atoms with Crippen molar-refractivity contribution in [2.75, 3.05) is 6.61 Å². The van der Waals surface area contributed by atoms with Crippen molar-refractivity contribution < 1.29 is 19.2 Å². The number of carbonyl (C=O) groups excluding carboxylic acids is 1. The largest absolute Gasteiger partial charge is 0.462 e. The minimum atomic E-state index is -0.694. The SMILES string of the molecule is CC(=O)OC[C@@]1(C)CCn2cc([N+](=O)[O-])nc2O1. The molecule has 1 aliphatic rings. The molecule has 1 atom stereocenters. The first-order chi connectivity index (χ1) is 8.39. The molecule has 0 N–H and O–H groups in total. The smallest absolute Gasteiger partial charge is 0.414 e. The summed E-state index contributed by atoms with van der Waals surface area (Å²) in [5.41, 5.74) is -0.694. The van der Waals surface area contributed by atoms with Crippen LogP contribution in [0.5, 0.6) is 6.01 Å². The Morgan fingerprint density at radius 3 is 3.11 bits per heavy atom. The van der Waals surface area contributed by atoms with Gasteiger partial charge >= 0.3 is 17.8 Å². The van der Waals surface area contributed by atoms with Crippen LogP contribution < -0.4 is 4.74 Å². The van der Waals surface area contributed by atoms with Gasteiger partial charge in [0, 0.05) is 24.9 Å². The van der Waals surface area contributed by atoms with Gasteiger partial charge in [-0.25, -0.2) is 0 Å². The van der Waals surface area contributed by atoms with E-state index in [-0.39, 0.29) is 24.4 Å². The van der Waals surface area contributed by atoms with Gasteiger partial charge in [0.2, 0.25) is 0 Å². The normalized spacial score (nSPS) is 21.9.